The fraction of sp³-hybridized carbons (Fsp3) is 0.500. The SMILES string of the molecule is CCCCC1(c2ccccc2)OC(C=O)C(COC=O)O1. The van der Waals surface area contributed by atoms with Crippen molar-refractivity contribution in [2.75, 3.05) is 6.61 Å². The van der Waals surface area contributed by atoms with Gasteiger partial charge in [-0.1, -0.05) is 43.7 Å². The molecule has 0 aromatic heterocycles. The van der Waals surface area contributed by atoms with Gasteiger partial charge < -0.3 is 19.0 Å². The molecule has 0 spiro atoms. The van der Waals surface area contributed by atoms with Gasteiger partial charge in [-0.15, -0.1) is 0 Å². The second-order valence-corrected chi connectivity index (χ2v) is 5.03. The van der Waals surface area contributed by atoms with Crippen molar-refractivity contribution in [3.8, 4) is 0 Å². The molecule has 1 aromatic rings. The average molecular weight is 292 g/mol. The molecule has 1 aliphatic rings. The lowest BCUT2D eigenvalue weighted by Gasteiger charge is -2.28. The van der Waals surface area contributed by atoms with Gasteiger partial charge in [-0.25, -0.2) is 0 Å². The highest BCUT2D eigenvalue weighted by Gasteiger charge is 2.48. The summed E-state index contributed by atoms with van der Waals surface area (Å²) in [7, 11) is 0. The van der Waals surface area contributed by atoms with Gasteiger partial charge in [0.2, 0.25) is 0 Å². The van der Waals surface area contributed by atoms with E-state index in [-0.39, 0.29) is 6.61 Å². The standard InChI is InChI=1S/C16H20O5/c1-2-3-9-16(13-7-5-4-6-8-13)20-14(10-17)15(21-16)11-19-12-18/h4-8,10,12,14-15H,2-3,9,11H2,1H3. The van der Waals surface area contributed by atoms with Gasteiger partial charge in [-0.3, -0.25) is 4.79 Å². The largest absolute Gasteiger partial charge is 0.465 e. The quantitative estimate of drug-likeness (QED) is 0.687. The van der Waals surface area contributed by atoms with Gasteiger partial charge in [0, 0.05) is 12.0 Å². The molecule has 0 saturated carbocycles. The van der Waals surface area contributed by atoms with E-state index in [1.165, 1.54) is 0 Å². The van der Waals surface area contributed by atoms with E-state index in [0.29, 0.717) is 19.2 Å². The Kier molecular flexibility index (Phi) is 5.47. The fourth-order valence-electron chi connectivity index (χ4n) is 2.51. The summed E-state index contributed by atoms with van der Waals surface area (Å²) >= 11 is 0. The zero-order valence-corrected chi connectivity index (χ0v) is 12.1. The number of hydrogen-bond acceptors (Lipinski definition) is 5. The molecule has 3 atom stereocenters. The summed E-state index contributed by atoms with van der Waals surface area (Å²) in [5, 5.41) is 0. The molecule has 1 fully saturated rings. The third kappa shape index (κ3) is 3.49. The Hall–Kier alpha value is -1.72. The molecule has 5 nitrogen and oxygen atoms in total. The molecular formula is C16H20O5. The van der Waals surface area contributed by atoms with Crippen molar-refractivity contribution in [2.24, 2.45) is 0 Å². The Labute approximate surface area is 124 Å². The monoisotopic (exact) mass is 292 g/mol. The minimum absolute atomic E-state index is 0.00755. The smallest absolute Gasteiger partial charge is 0.293 e. The minimum Gasteiger partial charge on any atom is -0.465 e. The number of hydrogen-bond donors (Lipinski definition) is 0. The summed E-state index contributed by atoms with van der Waals surface area (Å²) < 4.78 is 16.7. The molecule has 0 radical (unpaired) electrons. The molecule has 5 heteroatoms. The second-order valence-electron chi connectivity index (χ2n) is 5.03. The predicted molar refractivity (Wildman–Crippen MR) is 75.5 cm³/mol. The molecular weight excluding hydrogens is 272 g/mol. The van der Waals surface area contributed by atoms with Crippen molar-refractivity contribution in [3.05, 3.63) is 35.9 Å². The van der Waals surface area contributed by atoms with E-state index in [4.69, 9.17) is 14.2 Å². The van der Waals surface area contributed by atoms with Gasteiger partial charge in [0.05, 0.1) is 0 Å². The van der Waals surface area contributed by atoms with E-state index in [0.717, 1.165) is 18.4 Å². The summed E-state index contributed by atoms with van der Waals surface area (Å²) in [6.07, 6.45) is 1.93. The fourth-order valence-corrected chi connectivity index (χ4v) is 2.51. The Balaban J connectivity index is 2.24. The molecule has 0 amide bonds. The van der Waals surface area contributed by atoms with Crippen molar-refractivity contribution < 1.29 is 23.8 Å². The average Bonchev–Trinajstić information content (AvgIpc) is 2.91. The highest BCUT2D eigenvalue weighted by molar-refractivity contribution is 5.58. The second kappa shape index (κ2) is 7.33. The van der Waals surface area contributed by atoms with Crippen molar-refractivity contribution in [1.29, 1.82) is 0 Å². The first-order chi connectivity index (χ1) is 10.3. The van der Waals surface area contributed by atoms with E-state index in [1.807, 2.05) is 30.3 Å². The highest BCUT2D eigenvalue weighted by Crippen LogP contribution is 2.41. The lowest BCUT2D eigenvalue weighted by Crippen LogP contribution is -2.29. The van der Waals surface area contributed by atoms with Crippen molar-refractivity contribution in [1.82, 2.24) is 0 Å². The van der Waals surface area contributed by atoms with Gasteiger partial charge in [0.15, 0.2) is 12.1 Å². The molecule has 0 N–H and O–H groups in total. The van der Waals surface area contributed by atoms with Crippen molar-refractivity contribution in [3.63, 3.8) is 0 Å². The van der Waals surface area contributed by atoms with Gasteiger partial charge in [0.1, 0.15) is 18.8 Å². The molecule has 0 aliphatic carbocycles. The topological polar surface area (TPSA) is 61.8 Å². The lowest BCUT2D eigenvalue weighted by atomic mass is 10.00. The molecule has 114 valence electrons. The Bertz CT molecular complexity index is 461. The number of aldehydes is 1. The molecule has 2 rings (SSSR count). The lowest BCUT2D eigenvalue weighted by molar-refractivity contribution is -0.192. The van der Waals surface area contributed by atoms with Crippen LogP contribution < -0.4 is 0 Å². The van der Waals surface area contributed by atoms with Crippen LogP contribution in [0.4, 0.5) is 0 Å². The molecule has 1 saturated heterocycles. The van der Waals surface area contributed by atoms with E-state index in [9.17, 15) is 9.59 Å². The summed E-state index contributed by atoms with van der Waals surface area (Å²) in [4.78, 5) is 21.6. The first-order valence-electron chi connectivity index (χ1n) is 7.17. The summed E-state index contributed by atoms with van der Waals surface area (Å²) in [6, 6.07) is 9.55. The van der Waals surface area contributed by atoms with Gasteiger partial charge in [-0.05, 0) is 6.42 Å². The number of benzene rings is 1. The van der Waals surface area contributed by atoms with Gasteiger partial charge >= 0.3 is 0 Å². The van der Waals surface area contributed by atoms with Crippen LogP contribution in [0.15, 0.2) is 30.3 Å². The van der Waals surface area contributed by atoms with Gasteiger partial charge in [-0.2, -0.15) is 0 Å². The molecule has 1 aliphatic heterocycles. The molecule has 0 bridgehead atoms. The summed E-state index contributed by atoms with van der Waals surface area (Å²) in [5.41, 5.74) is 0.874. The molecule has 21 heavy (non-hydrogen) atoms. The molecule has 1 heterocycles. The number of carbonyl (C=O) groups excluding carboxylic acids is 2. The van der Waals surface area contributed by atoms with E-state index in [2.05, 4.69) is 6.92 Å². The minimum atomic E-state index is -0.945. The van der Waals surface area contributed by atoms with Crippen LogP contribution in [0.2, 0.25) is 0 Å². The van der Waals surface area contributed by atoms with Crippen molar-refractivity contribution in [2.45, 2.75) is 44.2 Å². The van der Waals surface area contributed by atoms with E-state index < -0.39 is 18.0 Å². The zero-order chi connectivity index (χ0) is 15.1. The maximum Gasteiger partial charge on any atom is 0.293 e. The maximum atomic E-state index is 11.2. The third-order valence-electron chi connectivity index (χ3n) is 3.57. The normalized spacial score (nSPS) is 28.2. The van der Waals surface area contributed by atoms with Crippen LogP contribution in [0.25, 0.3) is 0 Å². The summed E-state index contributed by atoms with van der Waals surface area (Å²) in [5.74, 6) is -0.945. The van der Waals surface area contributed by atoms with Crippen LogP contribution in [-0.2, 0) is 29.6 Å². The summed E-state index contributed by atoms with van der Waals surface area (Å²) in [6.45, 7) is 2.44. The number of carbonyl (C=O) groups is 2. The number of ether oxygens (including phenoxy) is 3. The van der Waals surface area contributed by atoms with Crippen LogP contribution in [0, 0.1) is 0 Å². The van der Waals surface area contributed by atoms with E-state index >= 15 is 0 Å². The number of rotatable bonds is 8. The van der Waals surface area contributed by atoms with Crippen LogP contribution in [0.3, 0.4) is 0 Å². The van der Waals surface area contributed by atoms with E-state index in [1.54, 1.807) is 0 Å². The van der Waals surface area contributed by atoms with Crippen LogP contribution >= 0.6 is 0 Å². The maximum absolute atomic E-state index is 11.2. The third-order valence-corrected chi connectivity index (χ3v) is 3.57. The number of unbranched alkanes of at least 4 members (excludes halogenated alkanes) is 1. The Morgan fingerprint density at radius 2 is 2.00 bits per heavy atom. The Morgan fingerprint density at radius 3 is 2.62 bits per heavy atom. The van der Waals surface area contributed by atoms with Crippen LogP contribution in [-0.4, -0.2) is 31.6 Å². The first kappa shape index (κ1) is 15.7. The zero-order valence-electron chi connectivity index (χ0n) is 12.1. The van der Waals surface area contributed by atoms with Crippen LogP contribution in [0.5, 0.6) is 0 Å². The van der Waals surface area contributed by atoms with Gasteiger partial charge in [0.25, 0.3) is 6.47 Å². The van der Waals surface area contributed by atoms with Crippen molar-refractivity contribution >= 4 is 12.8 Å². The molecule has 1 aromatic carbocycles. The molecule has 3 unspecified atom stereocenters. The first-order valence-corrected chi connectivity index (χ1v) is 7.17. The highest BCUT2D eigenvalue weighted by atomic mass is 16.8. The van der Waals surface area contributed by atoms with Crippen LogP contribution in [0.1, 0.15) is 31.7 Å². The predicted octanol–water partition coefficient (Wildman–Crippen LogP) is 2.19. The Morgan fingerprint density at radius 1 is 1.24 bits per heavy atom.